The fourth-order valence-corrected chi connectivity index (χ4v) is 2.16. The van der Waals surface area contributed by atoms with Crippen molar-refractivity contribution in [3.63, 3.8) is 0 Å². The summed E-state index contributed by atoms with van der Waals surface area (Å²) in [6.45, 7) is 1.67. The SMILES string of the molecule is CC(=O)CSC1=NC(=O)C2C=NN(CCO)C2=N1. The molecule has 2 rings (SSSR count). The van der Waals surface area contributed by atoms with Crippen LogP contribution in [0, 0.1) is 5.92 Å². The molecular weight excluding hydrogens is 256 g/mol. The van der Waals surface area contributed by atoms with Crippen LogP contribution >= 0.6 is 11.8 Å². The number of amidine groups is 2. The molecule has 2 aliphatic heterocycles. The number of thioether (sulfide) groups is 1. The zero-order valence-corrected chi connectivity index (χ0v) is 10.6. The Hall–Kier alpha value is -1.54. The number of Topliss-reactive ketones (excluding diaryl/α,β-unsaturated/α-hetero) is 1. The van der Waals surface area contributed by atoms with Crippen LogP contribution in [0.15, 0.2) is 15.1 Å². The number of aliphatic hydroxyl groups excluding tert-OH is 1. The molecule has 1 unspecified atom stereocenters. The second kappa shape index (κ2) is 5.40. The monoisotopic (exact) mass is 268 g/mol. The van der Waals surface area contributed by atoms with Gasteiger partial charge in [-0.3, -0.25) is 9.59 Å². The van der Waals surface area contributed by atoms with Crippen molar-refractivity contribution in [2.24, 2.45) is 21.0 Å². The largest absolute Gasteiger partial charge is 0.394 e. The molecule has 8 heteroatoms. The van der Waals surface area contributed by atoms with Crippen molar-refractivity contribution < 1.29 is 14.7 Å². The summed E-state index contributed by atoms with van der Waals surface area (Å²) in [5, 5.41) is 14.6. The Morgan fingerprint density at radius 2 is 2.33 bits per heavy atom. The molecule has 7 nitrogen and oxygen atoms in total. The molecule has 1 N–H and O–H groups in total. The minimum absolute atomic E-state index is 0.00708. The Kier molecular flexibility index (Phi) is 3.87. The second-order valence-corrected chi connectivity index (χ2v) is 4.72. The third-order valence-corrected chi connectivity index (χ3v) is 3.29. The topological polar surface area (TPSA) is 94.7 Å². The summed E-state index contributed by atoms with van der Waals surface area (Å²) in [4.78, 5) is 30.6. The Balaban J connectivity index is 2.13. The quantitative estimate of drug-likeness (QED) is 0.742. The number of fused-ring (bicyclic) bond motifs is 1. The Bertz CT molecular complexity index is 472. The lowest BCUT2D eigenvalue weighted by Crippen LogP contribution is -2.35. The van der Waals surface area contributed by atoms with Crippen LogP contribution in [0.3, 0.4) is 0 Å². The maximum absolute atomic E-state index is 11.7. The van der Waals surface area contributed by atoms with Gasteiger partial charge in [0.2, 0.25) is 0 Å². The van der Waals surface area contributed by atoms with Crippen LogP contribution < -0.4 is 0 Å². The smallest absolute Gasteiger partial charge is 0.264 e. The number of hydrogen-bond acceptors (Lipinski definition) is 7. The molecule has 0 aromatic heterocycles. The van der Waals surface area contributed by atoms with E-state index < -0.39 is 5.92 Å². The lowest BCUT2D eigenvalue weighted by molar-refractivity contribution is -0.118. The number of aliphatic imine (C=N–C) groups is 2. The van der Waals surface area contributed by atoms with Crippen molar-refractivity contribution in [3.05, 3.63) is 0 Å². The molecule has 1 atom stereocenters. The number of ketones is 1. The number of hydrogen-bond donors (Lipinski definition) is 1. The predicted octanol–water partition coefficient (Wildman–Crippen LogP) is -0.487. The van der Waals surface area contributed by atoms with Gasteiger partial charge < -0.3 is 5.11 Å². The van der Waals surface area contributed by atoms with Gasteiger partial charge in [0.25, 0.3) is 5.91 Å². The standard InChI is InChI=1S/C10H12N4O3S/c1-6(16)5-18-10-12-8-7(9(17)13-10)4-11-14(8)2-3-15/h4,7,15H,2-3,5H2,1H3. The van der Waals surface area contributed by atoms with E-state index in [1.54, 1.807) is 0 Å². The van der Waals surface area contributed by atoms with Crippen LogP contribution in [-0.2, 0) is 9.59 Å². The summed E-state index contributed by atoms with van der Waals surface area (Å²) in [6, 6.07) is 0. The molecular formula is C10H12N4O3S. The van der Waals surface area contributed by atoms with Crippen molar-refractivity contribution in [1.82, 2.24) is 5.01 Å². The van der Waals surface area contributed by atoms with Gasteiger partial charge in [-0.25, -0.2) is 10.0 Å². The van der Waals surface area contributed by atoms with Gasteiger partial charge in [-0.1, -0.05) is 11.8 Å². The highest BCUT2D eigenvalue weighted by atomic mass is 32.2. The van der Waals surface area contributed by atoms with Crippen LogP contribution in [0.2, 0.25) is 0 Å². The van der Waals surface area contributed by atoms with Crippen molar-refractivity contribution >= 4 is 40.7 Å². The van der Waals surface area contributed by atoms with Gasteiger partial charge in [0.15, 0.2) is 5.17 Å². The number of carbonyl (C=O) groups is 2. The second-order valence-electron chi connectivity index (χ2n) is 3.78. The van der Waals surface area contributed by atoms with Crippen LogP contribution in [0.25, 0.3) is 0 Å². The Labute approximate surface area is 108 Å². The highest BCUT2D eigenvalue weighted by Gasteiger charge is 2.35. The van der Waals surface area contributed by atoms with Crippen LogP contribution in [-0.4, -0.2) is 57.9 Å². The molecule has 2 aliphatic rings. The van der Waals surface area contributed by atoms with E-state index in [0.717, 1.165) is 11.8 Å². The van der Waals surface area contributed by atoms with Crippen LogP contribution in [0.4, 0.5) is 0 Å². The summed E-state index contributed by atoms with van der Waals surface area (Å²) in [5.74, 6) is -0.204. The third kappa shape index (κ3) is 2.65. The zero-order chi connectivity index (χ0) is 13.1. The van der Waals surface area contributed by atoms with E-state index in [-0.39, 0.29) is 35.8 Å². The third-order valence-electron chi connectivity index (χ3n) is 2.30. The van der Waals surface area contributed by atoms with Crippen molar-refractivity contribution in [2.45, 2.75) is 6.92 Å². The van der Waals surface area contributed by atoms with Gasteiger partial charge >= 0.3 is 0 Å². The van der Waals surface area contributed by atoms with Gasteiger partial charge in [-0.05, 0) is 6.92 Å². The van der Waals surface area contributed by atoms with Gasteiger partial charge in [-0.2, -0.15) is 10.1 Å². The van der Waals surface area contributed by atoms with E-state index >= 15 is 0 Å². The predicted molar refractivity (Wildman–Crippen MR) is 68.8 cm³/mol. The van der Waals surface area contributed by atoms with E-state index in [1.165, 1.54) is 18.1 Å². The fraction of sp³-hybridized carbons (Fsp3) is 0.500. The van der Waals surface area contributed by atoms with Crippen molar-refractivity contribution in [1.29, 1.82) is 0 Å². The minimum Gasteiger partial charge on any atom is -0.394 e. The number of amides is 1. The Morgan fingerprint density at radius 1 is 1.56 bits per heavy atom. The average molecular weight is 268 g/mol. The highest BCUT2D eigenvalue weighted by Crippen LogP contribution is 2.21. The molecule has 96 valence electrons. The maximum Gasteiger partial charge on any atom is 0.264 e. The van der Waals surface area contributed by atoms with E-state index in [1.807, 2.05) is 0 Å². The number of carbonyl (C=O) groups excluding carboxylic acids is 2. The number of β-amino-alcohol motifs (C(OH)–C–C–N with tert-alkyl or cyclic N) is 1. The van der Waals surface area contributed by atoms with E-state index in [9.17, 15) is 9.59 Å². The number of nitrogens with zero attached hydrogens (tertiary/aromatic N) is 4. The van der Waals surface area contributed by atoms with Gasteiger partial charge in [0.05, 0.1) is 18.9 Å². The molecule has 0 radical (unpaired) electrons. The van der Waals surface area contributed by atoms with Crippen molar-refractivity contribution in [3.8, 4) is 0 Å². The molecule has 0 aromatic carbocycles. The Morgan fingerprint density at radius 3 is 3.00 bits per heavy atom. The number of rotatable bonds is 4. The van der Waals surface area contributed by atoms with E-state index in [4.69, 9.17) is 5.11 Å². The molecule has 0 fully saturated rings. The van der Waals surface area contributed by atoms with Crippen molar-refractivity contribution in [2.75, 3.05) is 18.9 Å². The summed E-state index contributed by atoms with van der Waals surface area (Å²) in [7, 11) is 0. The van der Waals surface area contributed by atoms with E-state index in [0.29, 0.717) is 5.84 Å². The zero-order valence-electron chi connectivity index (χ0n) is 9.74. The molecule has 0 aromatic rings. The van der Waals surface area contributed by atoms with Crippen LogP contribution in [0.5, 0.6) is 0 Å². The first-order valence-corrected chi connectivity index (χ1v) is 6.36. The summed E-state index contributed by atoms with van der Waals surface area (Å²) < 4.78 is 0. The molecule has 0 aliphatic carbocycles. The normalized spacial score (nSPS) is 21.8. The van der Waals surface area contributed by atoms with Gasteiger partial charge in [0, 0.05) is 6.21 Å². The fourth-order valence-electron chi connectivity index (χ4n) is 1.52. The molecule has 0 spiro atoms. The summed E-state index contributed by atoms with van der Waals surface area (Å²) in [5.41, 5.74) is 0. The average Bonchev–Trinajstić information content (AvgIpc) is 2.71. The van der Waals surface area contributed by atoms with Crippen LogP contribution in [0.1, 0.15) is 6.92 Å². The number of hydrazone groups is 1. The number of aliphatic hydroxyl groups is 1. The highest BCUT2D eigenvalue weighted by molar-refractivity contribution is 8.14. The van der Waals surface area contributed by atoms with Gasteiger partial charge in [-0.15, -0.1) is 0 Å². The minimum atomic E-state index is -0.557. The summed E-state index contributed by atoms with van der Waals surface area (Å²) >= 11 is 1.13. The molecule has 0 saturated heterocycles. The first-order valence-electron chi connectivity index (χ1n) is 5.37. The molecule has 0 bridgehead atoms. The lowest BCUT2D eigenvalue weighted by atomic mass is 10.1. The molecule has 2 heterocycles. The summed E-state index contributed by atoms with van der Waals surface area (Å²) in [6.07, 6.45) is 1.47. The first-order chi connectivity index (χ1) is 8.61. The molecule has 18 heavy (non-hydrogen) atoms. The molecule has 0 saturated carbocycles. The first kappa shape index (κ1) is 12.9. The lowest BCUT2D eigenvalue weighted by Gasteiger charge is -2.19. The molecule has 1 amide bonds. The van der Waals surface area contributed by atoms with Gasteiger partial charge in [0.1, 0.15) is 17.5 Å². The van der Waals surface area contributed by atoms with E-state index in [2.05, 4.69) is 15.1 Å². The maximum atomic E-state index is 11.7.